The van der Waals surface area contributed by atoms with E-state index in [0.717, 1.165) is 23.5 Å². The Labute approximate surface area is 127 Å². The lowest BCUT2D eigenvalue weighted by molar-refractivity contribution is 0.675. The zero-order valence-corrected chi connectivity index (χ0v) is 11.9. The van der Waals surface area contributed by atoms with E-state index in [-0.39, 0.29) is 0 Å². The molecular formula is C19H13N3. The Hall–Kier alpha value is -2.94. The van der Waals surface area contributed by atoms with E-state index in [9.17, 15) is 0 Å². The van der Waals surface area contributed by atoms with Crippen LogP contribution in [0.2, 0.25) is 0 Å². The van der Waals surface area contributed by atoms with Crippen molar-refractivity contribution in [3.05, 3.63) is 72.3 Å². The first kappa shape index (κ1) is 11.7. The van der Waals surface area contributed by atoms with E-state index < -0.39 is 0 Å². The summed E-state index contributed by atoms with van der Waals surface area (Å²) < 4.78 is 2.00. The van der Waals surface area contributed by atoms with Gasteiger partial charge in [-0.25, -0.2) is 4.68 Å². The van der Waals surface area contributed by atoms with Gasteiger partial charge in [0.2, 0.25) is 0 Å². The molecule has 0 fully saturated rings. The molecule has 0 unspecified atom stereocenters. The molecule has 3 heteroatoms. The number of aromatic nitrogens is 3. The minimum atomic E-state index is 0.809. The van der Waals surface area contributed by atoms with E-state index in [4.69, 9.17) is 0 Å². The van der Waals surface area contributed by atoms with Crippen molar-refractivity contribution in [2.75, 3.05) is 0 Å². The molecule has 0 bridgehead atoms. The SMILES string of the molecule is c1ccc2c(c1)Cn1nnc(-c3cccc4ccccc34)c1-2. The van der Waals surface area contributed by atoms with E-state index in [0.29, 0.717) is 0 Å². The van der Waals surface area contributed by atoms with Gasteiger partial charge in [-0.05, 0) is 16.3 Å². The Balaban J connectivity index is 1.83. The Kier molecular flexibility index (Phi) is 2.27. The van der Waals surface area contributed by atoms with E-state index in [2.05, 4.69) is 77.0 Å². The Morgan fingerprint density at radius 2 is 1.55 bits per heavy atom. The van der Waals surface area contributed by atoms with Crippen molar-refractivity contribution in [3.63, 3.8) is 0 Å². The van der Waals surface area contributed by atoms with Crippen molar-refractivity contribution in [2.24, 2.45) is 0 Å². The van der Waals surface area contributed by atoms with E-state index >= 15 is 0 Å². The number of nitrogens with zero attached hydrogens (tertiary/aromatic N) is 3. The van der Waals surface area contributed by atoms with Crippen molar-refractivity contribution in [3.8, 4) is 22.5 Å². The minimum absolute atomic E-state index is 0.809. The van der Waals surface area contributed by atoms with Crippen LogP contribution in [0.1, 0.15) is 5.56 Å². The highest BCUT2D eigenvalue weighted by Gasteiger charge is 2.25. The van der Waals surface area contributed by atoms with Crippen molar-refractivity contribution in [1.82, 2.24) is 15.0 Å². The second kappa shape index (κ2) is 4.28. The van der Waals surface area contributed by atoms with Crippen LogP contribution in [0.25, 0.3) is 33.3 Å². The summed E-state index contributed by atoms with van der Waals surface area (Å²) in [7, 11) is 0. The maximum atomic E-state index is 4.47. The first-order valence-electron chi connectivity index (χ1n) is 7.42. The first-order valence-corrected chi connectivity index (χ1v) is 7.42. The Bertz CT molecular complexity index is 1010. The van der Waals surface area contributed by atoms with Gasteiger partial charge >= 0.3 is 0 Å². The zero-order chi connectivity index (χ0) is 14.5. The molecule has 5 rings (SSSR count). The van der Waals surface area contributed by atoms with E-state index in [1.54, 1.807) is 0 Å². The molecule has 0 saturated carbocycles. The standard InChI is InChI=1S/C19H13N3/c1-3-9-15-13(6-1)8-5-11-17(15)18-19-16-10-4-2-7-14(16)12-22(19)21-20-18/h1-11H,12H2. The highest BCUT2D eigenvalue weighted by Crippen LogP contribution is 2.39. The fourth-order valence-corrected chi connectivity index (χ4v) is 3.35. The molecule has 2 heterocycles. The van der Waals surface area contributed by atoms with Gasteiger partial charge in [-0.3, -0.25) is 0 Å². The maximum absolute atomic E-state index is 4.47. The molecule has 4 aromatic rings. The van der Waals surface area contributed by atoms with Crippen molar-refractivity contribution >= 4 is 10.8 Å². The Morgan fingerprint density at radius 3 is 2.55 bits per heavy atom. The van der Waals surface area contributed by atoms with Gasteiger partial charge in [-0.15, -0.1) is 5.10 Å². The van der Waals surface area contributed by atoms with E-state index in [1.807, 2.05) is 4.68 Å². The summed E-state index contributed by atoms with van der Waals surface area (Å²) in [6, 6.07) is 23.3. The van der Waals surface area contributed by atoms with Gasteiger partial charge in [0.25, 0.3) is 0 Å². The monoisotopic (exact) mass is 283 g/mol. The molecular weight excluding hydrogens is 270 g/mol. The van der Waals surface area contributed by atoms with Gasteiger partial charge in [-0.1, -0.05) is 71.9 Å². The van der Waals surface area contributed by atoms with Crippen molar-refractivity contribution in [2.45, 2.75) is 6.54 Å². The smallest absolute Gasteiger partial charge is 0.121 e. The van der Waals surface area contributed by atoms with Crippen LogP contribution in [-0.4, -0.2) is 15.0 Å². The third kappa shape index (κ3) is 1.51. The maximum Gasteiger partial charge on any atom is 0.121 e. The minimum Gasteiger partial charge on any atom is -0.240 e. The predicted octanol–water partition coefficient (Wildman–Crippen LogP) is 4.13. The van der Waals surface area contributed by atoms with Crippen LogP contribution in [0.4, 0.5) is 0 Å². The number of hydrogen-bond acceptors (Lipinski definition) is 2. The molecule has 0 aliphatic carbocycles. The molecule has 0 amide bonds. The molecule has 22 heavy (non-hydrogen) atoms. The summed E-state index contributed by atoms with van der Waals surface area (Å²) in [5, 5.41) is 11.3. The molecule has 0 saturated heterocycles. The molecule has 104 valence electrons. The topological polar surface area (TPSA) is 30.7 Å². The highest BCUT2D eigenvalue weighted by atomic mass is 15.4. The van der Waals surface area contributed by atoms with Gasteiger partial charge < -0.3 is 0 Å². The van der Waals surface area contributed by atoms with Crippen LogP contribution in [-0.2, 0) is 6.54 Å². The lowest BCUT2D eigenvalue weighted by Gasteiger charge is -2.06. The summed E-state index contributed by atoms with van der Waals surface area (Å²) in [4.78, 5) is 0. The van der Waals surface area contributed by atoms with Crippen LogP contribution in [0.3, 0.4) is 0 Å². The molecule has 3 aromatic carbocycles. The number of benzene rings is 3. The first-order chi connectivity index (χ1) is 10.9. The summed E-state index contributed by atoms with van der Waals surface area (Å²) in [6.07, 6.45) is 0. The zero-order valence-electron chi connectivity index (χ0n) is 11.9. The van der Waals surface area contributed by atoms with Crippen LogP contribution in [0.5, 0.6) is 0 Å². The summed E-state index contributed by atoms with van der Waals surface area (Å²) in [6.45, 7) is 0.809. The summed E-state index contributed by atoms with van der Waals surface area (Å²) in [5.41, 5.74) is 5.81. The normalized spacial score (nSPS) is 12.4. The molecule has 0 radical (unpaired) electrons. The third-order valence-corrected chi connectivity index (χ3v) is 4.37. The summed E-state index contributed by atoms with van der Waals surface area (Å²) in [5.74, 6) is 0. The molecule has 1 aliphatic heterocycles. The fourth-order valence-electron chi connectivity index (χ4n) is 3.35. The molecule has 0 atom stereocenters. The Morgan fingerprint density at radius 1 is 0.773 bits per heavy atom. The third-order valence-electron chi connectivity index (χ3n) is 4.37. The van der Waals surface area contributed by atoms with Crippen LogP contribution < -0.4 is 0 Å². The second-order valence-corrected chi connectivity index (χ2v) is 5.63. The molecule has 1 aromatic heterocycles. The molecule has 0 spiro atoms. The lowest BCUT2D eigenvalue weighted by atomic mass is 9.98. The van der Waals surface area contributed by atoms with Crippen molar-refractivity contribution in [1.29, 1.82) is 0 Å². The van der Waals surface area contributed by atoms with E-state index in [1.165, 1.54) is 21.9 Å². The van der Waals surface area contributed by atoms with Crippen LogP contribution in [0.15, 0.2) is 66.7 Å². The number of hydrogen-bond donors (Lipinski definition) is 0. The number of fused-ring (bicyclic) bond motifs is 4. The van der Waals surface area contributed by atoms with Gasteiger partial charge in [0.15, 0.2) is 0 Å². The van der Waals surface area contributed by atoms with Crippen LogP contribution >= 0.6 is 0 Å². The largest absolute Gasteiger partial charge is 0.240 e. The molecule has 3 nitrogen and oxygen atoms in total. The number of rotatable bonds is 1. The second-order valence-electron chi connectivity index (χ2n) is 5.63. The molecule has 1 aliphatic rings. The quantitative estimate of drug-likeness (QED) is 0.463. The van der Waals surface area contributed by atoms with Gasteiger partial charge in [0.05, 0.1) is 12.2 Å². The predicted molar refractivity (Wildman–Crippen MR) is 87.5 cm³/mol. The van der Waals surface area contributed by atoms with Gasteiger partial charge in [0.1, 0.15) is 5.69 Å². The average Bonchev–Trinajstić information content (AvgIpc) is 3.13. The van der Waals surface area contributed by atoms with Gasteiger partial charge in [-0.2, -0.15) is 0 Å². The van der Waals surface area contributed by atoms with Crippen molar-refractivity contribution < 1.29 is 0 Å². The highest BCUT2D eigenvalue weighted by molar-refractivity contribution is 5.99. The summed E-state index contributed by atoms with van der Waals surface area (Å²) >= 11 is 0. The average molecular weight is 283 g/mol. The van der Waals surface area contributed by atoms with Gasteiger partial charge in [0, 0.05) is 11.1 Å². The van der Waals surface area contributed by atoms with Crippen LogP contribution in [0, 0.1) is 0 Å². The molecule has 0 N–H and O–H groups in total. The lowest BCUT2D eigenvalue weighted by Crippen LogP contribution is -1.94. The fraction of sp³-hybridized carbons (Fsp3) is 0.0526.